The first-order valence-corrected chi connectivity index (χ1v) is 9.32. The number of aromatic nitrogens is 2. The number of benzene rings is 1. The molecular formula is C18H22N4O2S. The lowest BCUT2D eigenvalue weighted by Gasteiger charge is -2.27. The summed E-state index contributed by atoms with van der Waals surface area (Å²) in [5.74, 6) is 0.772. The topological polar surface area (TPSA) is 67.2 Å². The van der Waals surface area contributed by atoms with Crippen molar-refractivity contribution in [3.8, 4) is 5.69 Å². The second kappa shape index (κ2) is 6.92. The zero-order chi connectivity index (χ0) is 18.0. The molecule has 0 bridgehead atoms. The highest BCUT2D eigenvalue weighted by Gasteiger charge is 2.37. The summed E-state index contributed by atoms with van der Waals surface area (Å²) in [5.41, 5.74) is 0.910. The SMILES string of the molecule is CC(C)(C)NC(=O)[C@H]1CSCN1C(=O)c1ccn(-c2ccccc2)n1. The van der Waals surface area contributed by atoms with Crippen LogP contribution in [0.15, 0.2) is 42.6 Å². The zero-order valence-corrected chi connectivity index (χ0v) is 15.4. The molecule has 3 rings (SSSR count). The molecule has 6 nitrogen and oxygen atoms in total. The van der Waals surface area contributed by atoms with E-state index in [-0.39, 0.29) is 17.4 Å². The minimum absolute atomic E-state index is 0.117. The van der Waals surface area contributed by atoms with Crippen LogP contribution < -0.4 is 5.32 Å². The lowest BCUT2D eigenvalue weighted by Crippen LogP contribution is -2.52. The summed E-state index contributed by atoms with van der Waals surface area (Å²) in [6, 6.07) is 10.8. The van der Waals surface area contributed by atoms with Gasteiger partial charge in [-0.2, -0.15) is 5.10 Å². The number of hydrogen-bond donors (Lipinski definition) is 1. The number of nitrogens with zero attached hydrogens (tertiary/aromatic N) is 3. The predicted molar refractivity (Wildman–Crippen MR) is 98.7 cm³/mol. The average Bonchev–Trinajstić information content (AvgIpc) is 3.23. The van der Waals surface area contributed by atoms with Gasteiger partial charge in [0.05, 0.1) is 11.6 Å². The van der Waals surface area contributed by atoms with Crippen molar-refractivity contribution in [1.82, 2.24) is 20.0 Å². The lowest BCUT2D eigenvalue weighted by atomic mass is 10.1. The molecule has 2 amide bonds. The van der Waals surface area contributed by atoms with Crippen molar-refractivity contribution in [2.75, 3.05) is 11.6 Å². The van der Waals surface area contributed by atoms with Gasteiger partial charge in [0.2, 0.25) is 5.91 Å². The maximum Gasteiger partial charge on any atom is 0.275 e. The van der Waals surface area contributed by atoms with E-state index in [2.05, 4.69) is 10.4 Å². The second-order valence-electron chi connectivity index (χ2n) is 7.01. The first-order valence-electron chi connectivity index (χ1n) is 8.17. The Morgan fingerprint density at radius 1 is 1.20 bits per heavy atom. The van der Waals surface area contributed by atoms with Crippen LogP contribution in [0, 0.1) is 0 Å². The number of carbonyl (C=O) groups is 2. The molecule has 1 aliphatic heterocycles. The maximum absolute atomic E-state index is 12.8. The molecule has 25 heavy (non-hydrogen) atoms. The summed E-state index contributed by atoms with van der Waals surface area (Å²) in [6.45, 7) is 5.79. The van der Waals surface area contributed by atoms with Crippen LogP contribution in [0.4, 0.5) is 0 Å². The fourth-order valence-electron chi connectivity index (χ4n) is 2.62. The van der Waals surface area contributed by atoms with Crippen LogP contribution in [0.5, 0.6) is 0 Å². The highest BCUT2D eigenvalue weighted by atomic mass is 32.2. The molecule has 0 aliphatic carbocycles. The molecule has 0 radical (unpaired) electrons. The molecule has 1 atom stereocenters. The van der Waals surface area contributed by atoms with Crippen molar-refractivity contribution in [3.63, 3.8) is 0 Å². The van der Waals surface area contributed by atoms with Gasteiger partial charge in [-0.3, -0.25) is 9.59 Å². The van der Waals surface area contributed by atoms with Crippen LogP contribution in [-0.4, -0.2) is 49.7 Å². The molecule has 1 saturated heterocycles. The molecular weight excluding hydrogens is 336 g/mol. The molecule has 0 unspecified atom stereocenters. The number of nitrogens with one attached hydrogen (secondary N) is 1. The van der Waals surface area contributed by atoms with Crippen molar-refractivity contribution in [2.24, 2.45) is 0 Å². The van der Waals surface area contributed by atoms with E-state index in [1.54, 1.807) is 33.6 Å². The smallest absolute Gasteiger partial charge is 0.275 e. The molecule has 7 heteroatoms. The van der Waals surface area contributed by atoms with E-state index in [0.717, 1.165) is 5.69 Å². The summed E-state index contributed by atoms with van der Waals surface area (Å²) < 4.78 is 1.67. The van der Waals surface area contributed by atoms with E-state index in [0.29, 0.717) is 17.3 Å². The first kappa shape index (κ1) is 17.5. The quantitative estimate of drug-likeness (QED) is 0.914. The van der Waals surface area contributed by atoms with Gasteiger partial charge in [0.15, 0.2) is 5.69 Å². The van der Waals surface area contributed by atoms with Crippen LogP contribution in [0.3, 0.4) is 0 Å². The van der Waals surface area contributed by atoms with Crippen LogP contribution in [0.2, 0.25) is 0 Å². The maximum atomic E-state index is 12.8. The predicted octanol–water partition coefficient (Wildman–Crippen LogP) is 2.30. The van der Waals surface area contributed by atoms with Gasteiger partial charge in [0.25, 0.3) is 5.91 Å². The summed E-state index contributed by atoms with van der Waals surface area (Å²) in [7, 11) is 0. The largest absolute Gasteiger partial charge is 0.350 e. The van der Waals surface area contributed by atoms with Gasteiger partial charge in [-0.25, -0.2) is 4.68 Å². The van der Waals surface area contributed by atoms with E-state index in [1.807, 2.05) is 51.1 Å². The standard InChI is InChI=1S/C18H22N4O2S/c1-18(2,3)19-16(23)15-11-25-12-21(15)17(24)14-9-10-22(20-14)13-7-5-4-6-8-13/h4-10,15H,11-12H2,1-3H3,(H,19,23)/t15-/m1/s1. The van der Waals surface area contributed by atoms with Crippen molar-refractivity contribution in [3.05, 3.63) is 48.3 Å². The average molecular weight is 358 g/mol. The van der Waals surface area contributed by atoms with Crippen LogP contribution in [-0.2, 0) is 4.79 Å². The van der Waals surface area contributed by atoms with Gasteiger partial charge < -0.3 is 10.2 Å². The Hall–Kier alpha value is -2.28. The normalized spacial score (nSPS) is 17.6. The van der Waals surface area contributed by atoms with Gasteiger partial charge in [-0.05, 0) is 39.0 Å². The molecule has 132 valence electrons. The van der Waals surface area contributed by atoms with E-state index < -0.39 is 6.04 Å². The Bertz CT molecular complexity index is 767. The van der Waals surface area contributed by atoms with Crippen molar-refractivity contribution in [2.45, 2.75) is 32.4 Å². The first-order chi connectivity index (χ1) is 11.8. The van der Waals surface area contributed by atoms with Crippen molar-refractivity contribution < 1.29 is 9.59 Å². The molecule has 1 aromatic heterocycles. The zero-order valence-electron chi connectivity index (χ0n) is 14.6. The highest BCUT2D eigenvalue weighted by molar-refractivity contribution is 7.99. The molecule has 1 aliphatic rings. The minimum atomic E-state index is -0.460. The third kappa shape index (κ3) is 4.04. The van der Waals surface area contributed by atoms with Crippen LogP contribution in [0.1, 0.15) is 31.3 Å². The summed E-state index contributed by atoms with van der Waals surface area (Å²) >= 11 is 1.58. The Morgan fingerprint density at radius 3 is 2.60 bits per heavy atom. The van der Waals surface area contributed by atoms with Crippen molar-refractivity contribution in [1.29, 1.82) is 0 Å². The van der Waals surface area contributed by atoms with E-state index >= 15 is 0 Å². The molecule has 0 spiro atoms. The molecule has 1 aromatic carbocycles. The molecule has 0 saturated carbocycles. The Morgan fingerprint density at radius 2 is 1.92 bits per heavy atom. The van der Waals surface area contributed by atoms with Gasteiger partial charge in [0.1, 0.15) is 6.04 Å². The van der Waals surface area contributed by atoms with Gasteiger partial charge in [-0.1, -0.05) is 18.2 Å². The number of para-hydroxylation sites is 1. The fourth-order valence-corrected chi connectivity index (χ4v) is 3.78. The third-order valence-electron chi connectivity index (χ3n) is 3.77. The Labute approximate surface area is 151 Å². The van der Waals surface area contributed by atoms with E-state index in [9.17, 15) is 9.59 Å². The van der Waals surface area contributed by atoms with Gasteiger partial charge in [-0.15, -0.1) is 11.8 Å². The number of amides is 2. The number of hydrogen-bond acceptors (Lipinski definition) is 4. The molecule has 1 N–H and O–H groups in total. The Kier molecular flexibility index (Phi) is 4.85. The second-order valence-corrected chi connectivity index (χ2v) is 8.01. The lowest BCUT2D eigenvalue weighted by molar-refractivity contribution is -0.125. The fraction of sp³-hybridized carbons (Fsp3) is 0.389. The number of thioether (sulfide) groups is 1. The minimum Gasteiger partial charge on any atom is -0.350 e. The summed E-state index contributed by atoms with van der Waals surface area (Å²) in [4.78, 5) is 26.9. The molecule has 1 fully saturated rings. The van der Waals surface area contributed by atoms with Crippen LogP contribution in [0.25, 0.3) is 5.69 Å². The molecule has 2 aromatic rings. The monoisotopic (exact) mass is 358 g/mol. The van der Waals surface area contributed by atoms with Crippen molar-refractivity contribution >= 4 is 23.6 Å². The van der Waals surface area contributed by atoms with Crippen LogP contribution >= 0.6 is 11.8 Å². The van der Waals surface area contributed by atoms with Gasteiger partial charge >= 0.3 is 0 Å². The number of carbonyl (C=O) groups excluding carboxylic acids is 2. The summed E-state index contributed by atoms with van der Waals surface area (Å²) in [5, 5.41) is 7.33. The van der Waals surface area contributed by atoms with Gasteiger partial charge in [0, 0.05) is 17.5 Å². The van der Waals surface area contributed by atoms with E-state index in [1.165, 1.54) is 0 Å². The third-order valence-corrected chi connectivity index (χ3v) is 4.79. The summed E-state index contributed by atoms with van der Waals surface area (Å²) in [6.07, 6.45) is 1.76. The highest BCUT2D eigenvalue weighted by Crippen LogP contribution is 2.23. The molecule has 2 heterocycles. The van der Waals surface area contributed by atoms with E-state index in [4.69, 9.17) is 0 Å². The number of rotatable bonds is 3. The Balaban J connectivity index is 1.76.